The number of benzene rings is 1. The highest BCUT2D eigenvalue weighted by Gasteiger charge is 2.37. The highest BCUT2D eigenvalue weighted by molar-refractivity contribution is 6.00. The molecule has 10 heteroatoms. The number of H-pyrrole nitrogens is 1. The summed E-state index contributed by atoms with van der Waals surface area (Å²) in [7, 11) is 0. The van der Waals surface area contributed by atoms with Gasteiger partial charge in [0.05, 0.1) is 30.7 Å². The van der Waals surface area contributed by atoms with Gasteiger partial charge in [0.2, 0.25) is 6.23 Å². The van der Waals surface area contributed by atoms with Crippen molar-refractivity contribution in [2.45, 2.75) is 32.5 Å². The number of carbonyl (C=O) groups is 2. The molecule has 1 fully saturated rings. The highest BCUT2D eigenvalue weighted by atomic mass is 16.7. The maximum atomic E-state index is 13.0. The minimum Gasteiger partial charge on any atom is -0.493 e. The van der Waals surface area contributed by atoms with E-state index >= 15 is 0 Å². The van der Waals surface area contributed by atoms with Crippen molar-refractivity contribution in [1.29, 1.82) is 0 Å². The number of pyridine rings is 1. The van der Waals surface area contributed by atoms with Crippen LogP contribution in [0.2, 0.25) is 0 Å². The van der Waals surface area contributed by atoms with Crippen molar-refractivity contribution in [3.8, 4) is 5.75 Å². The van der Waals surface area contributed by atoms with Gasteiger partial charge in [-0.25, -0.2) is 9.59 Å². The molecule has 1 aromatic heterocycles. The summed E-state index contributed by atoms with van der Waals surface area (Å²) in [4.78, 5) is 48.1. The summed E-state index contributed by atoms with van der Waals surface area (Å²) in [6, 6.07) is 3.86. The molecule has 0 spiro atoms. The molecular weight excluding hydrogens is 430 g/mol. The Hall–Kier alpha value is -3.37. The summed E-state index contributed by atoms with van der Waals surface area (Å²) in [5, 5.41) is 1.85. The van der Waals surface area contributed by atoms with Crippen molar-refractivity contribution in [2.24, 2.45) is 0 Å². The van der Waals surface area contributed by atoms with Crippen LogP contribution in [0.15, 0.2) is 29.1 Å². The van der Waals surface area contributed by atoms with Gasteiger partial charge in [-0.1, -0.05) is 0 Å². The van der Waals surface area contributed by atoms with E-state index in [4.69, 9.17) is 19.0 Å². The Labute approximate surface area is 189 Å². The molecule has 1 saturated heterocycles. The van der Waals surface area contributed by atoms with Gasteiger partial charge in [0, 0.05) is 43.8 Å². The number of morpholine rings is 1. The number of nitrogens with one attached hydrogen (secondary N) is 1. The molecule has 0 saturated carbocycles. The quantitative estimate of drug-likeness (QED) is 0.684. The first-order valence-corrected chi connectivity index (χ1v) is 11.1. The van der Waals surface area contributed by atoms with Crippen molar-refractivity contribution in [2.75, 3.05) is 38.0 Å². The lowest BCUT2D eigenvalue weighted by Gasteiger charge is -2.36. The molecule has 3 aliphatic rings. The molecule has 1 aromatic carbocycles. The standard InChI is InChI=1S/C23H25N3O7/c1-2-31-17-12-14(13-25-7-9-30-10-8-25)11-16-21(17)22-15(23(29)24-16)3-4-18-26(22)33-20(28)6-5-19(27)32-18/h5-6,11-12,18H,2-4,7-10,13H2,1H3,(H,24,29)/b6-5+. The van der Waals surface area contributed by atoms with Crippen LogP contribution in [-0.4, -0.2) is 61.0 Å². The number of hydrogen-bond acceptors (Lipinski definition) is 9. The second-order valence-corrected chi connectivity index (χ2v) is 8.12. The predicted octanol–water partition coefficient (Wildman–Crippen LogP) is 1.41. The molecule has 3 aliphatic heterocycles. The summed E-state index contributed by atoms with van der Waals surface area (Å²) in [5.74, 6) is -0.803. The minimum absolute atomic E-state index is 0.276. The smallest absolute Gasteiger partial charge is 0.356 e. The zero-order chi connectivity index (χ0) is 22.9. The van der Waals surface area contributed by atoms with E-state index < -0.39 is 18.2 Å². The summed E-state index contributed by atoms with van der Waals surface area (Å²) < 4.78 is 16.9. The molecule has 5 rings (SSSR count). The third-order valence-corrected chi connectivity index (χ3v) is 5.94. The topological polar surface area (TPSA) is 110 Å². The second kappa shape index (κ2) is 8.87. The van der Waals surface area contributed by atoms with Crippen molar-refractivity contribution < 1.29 is 28.6 Å². The van der Waals surface area contributed by atoms with Gasteiger partial charge in [0.1, 0.15) is 11.4 Å². The van der Waals surface area contributed by atoms with E-state index in [2.05, 4.69) is 9.88 Å². The number of aromatic amines is 1. The second-order valence-electron chi connectivity index (χ2n) is 8.12. The lowest BCUT2D eigenvalue weighted by Crippen LogP contribution is -2.45. The van der Waals surface area contributed by atoms with E-state index in [1.54, 1.807) is 0 Å². The average Bonchev–Trinajstić information content (AvgIpc) is 2.79. The Morgan fingerprint density at radius 3 is 2.70 bits per heavy atom. The van der Waals surface area contributed by atoms with Gasteiger partial charge in [-0.05, 0) is 31.0 Å². The molecule has 33 heavy (non-hydrogen) atoms. The summed E-state index contributed by atoms with van der Waals surface area (Å²) >= 11 is 0. The fraction of sp³-hybridized carbons (Fsp3) is 0.435. The van der Waals surface area contributed by atoms with Crippen molar-refractivity contribution in [1.82, 2.24) is 9.88 Å². The number of nitrogens with zero attached hydrogens (tertiary/aromatic N) is 2. The van der Waals surface area contributed by atoms with Crippen molar-refractivity contribution in [3.05, 3.63) is 45.8 Å². The molecule has 174 valence electrons. The fourth-order valence-corrected chi connectivity index (χ4v) is 4.50. The Balaban J connectivity index is 1.65. The Morgan fingerprint density at radius 2 is 1.91 bits per heavy atom. The van der Waals surface area contributed by atoms with E-state index in [1.165, 1.54) is 5.06 Å². The Morgan fingerprint density at radius 1 is 1.12 bits per heavy atom. The van der Waals surface area contributed by atoms with Crippen LogP contribution < -0.4 is 15.4 Å². The van der Waals surface area contributed by atoms with Crippen LogP contribution in [-0.2, 0) is 36.9 Å². The number of anilines is 1. The van der Waals surface area contributed by atoms with Crippen molar-refractivity contribution >= 4 is 28.5 Å². The first-order chi connectivity index (χ1) is 16.0. The molecule has 10 nitrogen and oxygen atoms in total. The monoisotopic (exact) mass is 455 g/mol. The van der Waals surface area contributed by atoms with Crippen molar-refractivity contribution in [3.63, 3.8) is 0 Å². The first kappa shape index (κ1) is 21.5. The van der Waals surface area contributed by atoms with Crippen LogP contribution in [0.4, 0.5) is 5.69 Å². The lowest BCUT2D eigenvalue weighted by atomic mass is 9.98. The number of fused-ring (bicyclic) bond motifs is 5. The van der Waals surface area contributed by atoms with E-state index in [9.17, 15) is 14.4 Å². The summed E-state index contributed by atoms with van der Waals surface area (Å²) in [5.41, 5.74) is 2.11. The van der Waals surface area contributed by atoms with Gasteiger partial charge in [-0.15, -0.1) is 0 Å². The lowest BCUT2D eigenvalue weighted by molar-refractivity contribution is -0.158. The highest BCUT2D eigenvalue weighted by Crippen LogP contribution is 2.41. The van der Waals surface area contributed by atoms with E-state index in [0.717, 1.165) is 30.8 Å². The zero-order valence-corrected chi connectivity index (χ0v) is 18.3. The number of aromatic nitrogens is 1. The third-order valence-electron chi connectivity index (χ3n) is 5.94. The largest absolute Gasteiger partial charge is 0.493 e. The molecular formula is C23H25N3O7. The molecule has 0 bridgehead atoms. The third kappa shape index (κ3) is 4.19. The van der Waals surface area contributed by atoms with Gasteiger partial charge in [0.15, 0.2) is 0 Å². The minimum atomic E-state index is -0.841. The average molecular weight is 455 g/mol. The molecule has 0 amide bonds. The molecule has 0 aliphatic carbocycles. The van der Waals surface area contributed by atoms with Gasteiger partial charge in [-0.2, -0.15) is 5.06 Å². The van der Waals surface area contributed by atoms with Crippen LogP contribution in [0, 0.1) is 0 Å². The predicted molar refractivity (Wildman–Crippen MR) is 118 cm³/mol. The van der Waals surface area contributed by atoms with Gasteiger partial charge >= 0.3 is 11.9 Å². The Kier molecular flexibility index (Phi) is 5.77. The van der Waals surface area contributed by atoms with Gasteiger partial charge in [-0.3, -0.25) is 9.69 Å². The van der Waals surface area contributed by atoms with Crippen LogP contribution >= 0.6 is 0 Å². The number of esters is 1. The first-order valence-electron chi connectivity index (χ1n) is 11.1. The zero-order valence-electron chi connectivity index (χ0n) is 18.3. The maximum Gasteiger partial charge on any atom is 0.356 e. The van der Waals surface area contributed by atoms with Crippen LogP contribution in [0.1, 0.15) is 24.5 Å². The number of hydroxylamine groups is 1. The van der Waals surface area contributed by atoms with E-state index in [0.29, 0.717) is 67.1 Å². The molecule has 1 atom stereocenters. The fourth-order valence-electron chi connectivity index (χ4n) is 4.50. The van der Waals surface area contributed by atoms with Gasteiger partial charge in [0.25, 0.3) is 5.56 Å². The summed E-state index contributed by atoms with van der Waals surface area (Å²) in [6.45, 7) is 5.99. The van der Waals surface area contributed by atoms with E-state index in [1.807, 2.05) is 19.1 Å². The molecule has 2 aromatic rings. The maximum absolute atomic E-state index is 13.0. The normalized spacial score (nSPS) is 22.0. The molecule has 1 unspecified atom stereocenters. The van der Waals surface area contributed by atoms with Crippen LogP contribution in [0.5, 0.6) is 5.75 Å². The van der Waals surface area contributed by atoms with E-state index in [-0.39, 0.29) is 5.56 Å². The number of carbonyl (C=O) groups excluding carboxylic acids is 2. The Bertz CT molecular complexity index is 1180. The number of rotatable bonds is 4. The summed E-state index contributed by atoms with van der Waals surface area (Å²) in [6.07, 6.45) is 1.87. The molecule has 0 radical (unpaired) electrons. The molecule has 1 N–H and O–H groups in total. The number of hydrogen-bond donors (Lipinski definition) is 1. The SMILES string of the molecule is CCOc1cc(CN2CCOCC2)cc2[nH]c(=O)c3c(c12)N1OC(=O)/C=C/C(=O)OC1CC3. The number of ether oxygens (including phenoxy) is 3. The van der Waals surface area contributed by atoms with Gasteiger partial charge < -0.3 is 24.0 Å². The van der Waals surface area contributed by atoms with Crippen LogP contribution in [0.3, 0.4) is 0 Å². The van der Waals surface area contributed by atoms with Crippen LogP contribution in [0.25, 0.3) is 10.9 Å². The molecule has 4 heterocycles.